The van der Waals surface area contributed by atoms with Crippen LogP contribution in [0.1, 0.15) is 13.3 Å². The zero-order valence-corrected chi connectivity index (χ0v) is 5.37. The van der Waals surface area contributed by atoms with Gasteiger partial charge >= 0.3 is 45.0 Å². The first-order chi connectivity index (χ1) is 3.31. The number of rotatable bonds is 2. The second-order valence-corrected chi connectivity index (χ2v) is 1.40. The van der Waals surface area contributed by atoms with E-state index in [0.29, 0.717) is 6.42 Å². The second kappa shape index (κ2) is 4.13. The van der Waals surface area contributed by atoms with Crippen molar-refractivity contribution in [2.45, 2.75) is 13.3 Å². The monoisotopic (exact) mass is 115 g/mol. The normalized spacial score (nSPS) is 8.86. The number of nitrogens with zero attached hydrogens (tertiary/aromatic N) is 1. The quantitative estimate of drug-likeness (QED) is 0.382. The van der Waals surface area contributed by atoms with E-state index in [1.165, 1.54) is 7.07 Å². The van der Waals surface area contributed by atoms with Crippen molar-refractivity contribution >= 4 is 22.1 Å². The van der Waals surface area contributed by atoms with Crippen LogP contribution in [0, 0.1) is 0 Å². The van der Waals surface area contributed by atoms with E-state index in [4.69, 9.17) is 0 Å². The fourth-order valence-electron chi connectivity index (χ4n) is 0.174. The predicted octanol–water partition coefficient (Wildman–Crippen LogP) is 0.601. The first kappa shape index (κ1) is 6.96. The molecule has 0 saturated carbocycles. The van der Waals surface area contributed by atoms with Gasteiger partial charge in [0.2, 0.25) is 0 Å². The molecule has 0 spiro atoms. The van der Waals surface area contributed by atoms with Gasteiger partial charge in [-0.1, -0.05) is 0 Å². The Morgan fingerprint density at radius 3 is 2.71 bits per heavy atom. The van der Waals surface area contributed by atoms with Gasteiger partial charge in [-0.25, -0.2) is 0 Å². The summed E-state index contributed by atoms with van der Waals surface area (Å²) >= 11 is 0. The number of carbonyl (C=O) groups is 1. The number of carbonyl (C=O) groups excluding carboxylic acids is 1. The average molecular weight is 115 g/mol. The van der Waals surface area contributed by atoms with Crippen LogP contribution in [0.2, 0.25) is 0 Å². The first-order valence-corrected chi connectivity index (χ1v) is 2.59. The summed E-state index contributed by atoms with van der Waals surface area (Å²) in [7, 11) is 3.40. The van der Waals surface area contributed by atoms with Crippen LogP contribution in [0.4, 0.5) is 0 Å². The number of hydrogen-bond acceptors (Lipinski definition) is 2. The van der Waals surface area contributed by atoms with E-state index in [1.807, 2.05) is 0 Å². The summed E-state index contributed by atoms with van der Waals surface area (Å²) < 4.78 is 3.45. The van der Waals surface area contributed by atoms with E-state index in [9.17, 15) is 4.79 Å². The third kappa shape index (κ3) is 3.80. The molecule has 0 heterocycles. The molecule has 0 aliphatic carbocycles. The predicted molar refractivity (Wildman–Crippen MR) is 33.2 cm³/mol. The molecule has 1 unspecified atom stereocenters. The molecule has 0 rings (SSSR count). The van der Waals surface area contributed by atoms with Crippen molar-refractivity contribution in [3.8, 4) is 0 Å². The molecule has 7 heavy (non-hydrogen) atoms. The van der Waals surface area contributed by atoms with Gasteiger partial charge in [0, 0.05) is 0 Å². The van der Waals surface area contributed by atoms with Gasteiger partial charge in [0.25, 0.3) is 0 Å². The Kier molecular flexibility index (Phi) is 4.11. The minimum atomic E-state index is 0.0648. The standard InChI is InChI=1S/C3H7BNOP/c1-2-3(6)4-5-7/h2,7H2,1H3. The van der Waals surface area contributed by atoms with Gasteiger partial charge in [-0.15, -0.1) is 0 Å². The van der Waals surface area contributed by atoms with E-state index >= 15 is 0 Å². The Labute approximate surface area is 45.9 Å². The second-order valence-electron chi connectivity index (χ2n) is 1.10. The van der Waals surface area contributed by atoms with E-state index < -0.39 is 0 Å². The van der Waals surface area contributed by atoms with Gasteiger partial charge in [0.1, 0.15) is 0 Å². The molecule has 0 aromatic carbocycles. The van der Waals surface area contributed by atoms with Gasteiger partial charge in [0.15, 0.2) is 0 Å². The third-order valence-corrected chi connectivity index (χ3v) is 0.716. The molecule has 0 fully saturated rings. The van der Waals surface area contributed by atoms with Crippen LogP contribution in [0.3, 0.4) is 0 Å². The molecule has 0 aliphatic heterocycles. The van der Waals surface area contributed by atoms with Gasteiger partial charge in [-0.2, -0.15) is 0 Å². The van der Waals surface area contributed by atoms with Crippen molar-refractivity contribution in [1.29, 1.82) is 0 Å². The SMILES string of the molecule is CCC(=O)/B=N\P. The Morgan fingerprint density at radius 2 is 2.57 bits per heavy atom. The molecule has 2 nitrogen and oxygen atoms in total. The van der Waals surface area contributed by atoms with E-state index in [0.717, 1.165) is 0 Å². The zero-order valence-electron chi connectivity index (χ0n) is 4.22. The molecule has 0 aromatic heterocycles. The van der Waals surface area contributed by atoms with Gasteiger partial charge in [-0.05, 0) is 0 Å². The Bertz CT molecular complexity index is 92.9. The molecular formula is C3H7BNOP. The van der Waals surface area contributed by atoms with Crippen molar-refractivity contribution in [2.75, 3.05) is 0 Å². The maximum atomic E-state index is 10.2. The summed E-state index contributed by atoms with van der Waals surface area (Å²) in [6, 6.07) is 0. The Morgan fingerprint density at radius 1 is 2.00 bits per heavy atom. The van der Waals surface area contributed by atoms with Crippen molar-refractivity contribution in [3.63, 3.8) is 0 Å². The fourth-order valence-corrected chi connectivity index (χ4v) is 0.341. The molecule has 0 aliphatic rings. The summed E-state index contributed by atoms with van der Waals surface area (Å²) in [4.78, 5) is 10.2. The van der Waals surface area contributed by atoms with Gasteiger partial charge in [0.05, 0.1) is 0 Å². The molecule has 0 radical (unpaired) electrons. The molecule has 0 bridgehead atoms. The van der Waals surface area contributed by atoms with Crippen molar-refractivity contribution in [2.24, 2.45) is 4.67 Å². The Hall–Kier alpha value is -0.0351. The molecule has 4 heteroatoms. The average Bonchev–Trinajstić information content (AvgIpc) is 1.68. The van der Waals surface area contributed by atoms with E-state index in [2.05, 4.69) is 14.1 Å². The molecule has 38 valence electrons. The minimum absolute atomic E-state index is 0.0648. The van der Waals surface area contributed by atoms with Crippen LogP contribution in [0.25, 0.3) is 0 Å². The van der Waals surface area contributed by atoms with Crippen molar-refractivity contribution in [1.82, 2.24) is 0 Å². The summed E-state index contributed by atoms with van der Waals surface area (Å²) in [5.41, 5.74) is 0.0648. The van der Waals surface area contributed by atoms with Gasteiger partial charge in [-0.3, -0.25) is 0 Å². The van der Waals surface area contributed by atoms with E-state index in [1.54, 1.807) is 6.92 Å². The summed E-state index contributed by atoms with van der Waals surface area (Å²) in [5.74, 6) is 0. The van der Waals surface area contributed by atoms with E-state index in [-0.39, 0.29) is 5.68 Å². The third-order valence-electron chi connectivity index (χ3n) is 0.567. The van der Waals surface area contributed by atoms with Crippen LogP contribution < -0.4 is 0 Å². The summed E-state index contributed by atoms with van der Waals surface area (Å²) in [6.07, 6.45) is 0.540. The van der Waals surface area contributed by atoms with Crippen LogP contribution in [-0.2, 0) is 4.79 Å². The van der Waals surface area contributed by atoms with Crippen molar-refractivity contribution in [3.05, 3.63) is 0 Å². The fraction of sp³-hybridized carbons (Fsp3) is 0.667. The molecule has 0 aromatic rings. The number of hydrogen-bond donors (Lipinski definition) is 0. The zero-order chi connectivity index (χ0) is 5.70. The molecule has 0 saturated heterocycles. The maximum absolute atomic E-state index is 10.2. The summed E-state index contributed by atoms with van der Waals surface area (Å²) in [6.45, 7) is 1.80. The van der Waals surface area contributed by atoms with Crippen LogP contribution in [-0.4, -0.2) is 12.8 Å². The van der Waals surface area contributed by atoms with Crippen LogP contribution in [0.15, 0.2) is 4.67 Å². The molecule has 0 N–H and O–H groups in total. The van der Waals surface area contributed by atoms with Crippen molar-refractivity contribution < 1.29 is 4.79 Å². The Balaban J connectivity index is 3.37. The van der Waals surface area contributed by atoms with Crippen LogP contribution in [0.5, 0.6) is 0 Å². The summed E-state index contributed by atoms with van der Waals surface area (Å²) in [5, 5.41) is 0. The molecule has 0 amide bonds. The molecular weight excluding hydrogens is 108 g/mol. The molecule has 1 atom stereocenters. The first-order valence-electron chi connectivity index (χ1n) is 2.07. The van der Waals surface area contributed by atoms with Gasteiger partial charge < -0.3 is 0 Å². The topological polar surface area (TPSA) is 29.4 Å². The van der Waals surface area contributed by atoms with Crippen LogP contribution >= 0.6 is 9.39 Å².